The summed E-state index contributed by atoms with van der Waals surface area (Å²) in [6, 6.07) is 11.5. The molecule has 2 heterocycles. The molecule has 3 aromatic rings. The number of benzene rings is 1. The molecule has 3 rings (SSSR count). The van der Waals surface area contributed by atoms with Crippen LogP contribution in [0.4, 0.5) is 5.13 Å². The lowest BCUT2D eigenvalue weighted by molar-refractivity contribution is -0.116. The second kappa shape index (κ2) is 7.67. The van der Waals surface area contributed by atoms with Gasteiger partial charge in [0, 0.05) is 45.3 Å². The number of nitrogens with zero attached hydrogens (tertiary/aromatic N) is 2. The van der Waals surface area contributed by atoms with E-state index in [0.29, 0.717) is 11.0 Å². The molecule has 1 N–H and O–H groups in total. The van der Waals surface area contributed by atoms with Crippen LogP contribution in [-0.2, 0) is 4.79 Å². The van der Waals surface area contributed by atoms with Crippen molar-refractivity contribution in [1.82, 2.24) is 9.36 Å². The van der Waals surface area contributed by atoms with Crippen molar-refractivity contribution in [2.45, 2.75) is 26.7 Å². The number of thiophene rings is 1. The number of ketones is 1. The molecule has 0 spiro atoms. The van der Waals surface area contributed by atoms with Crippen LogP contribution in [0.25, 0.3) is 11.4 Å². The third kappa shape index (κ3) is 4.37. The van der Waals surface area contributed by atoms with Crippen LogP contribution < -0.4 is 5.32 Å². The molecule has 0 unspecified atom stereocenters. The molecule has 1 aromatic carbocycles. The molecule has 7 heteroatoms. The monoisotopic (exact) mass is 371 g/mol. The quantitative estimate of drug-likeness (QED) is 0.648. The van der Waals surface area contributed by atoms with Crippen LogP contribution >= 0.6 is 22.9 Å². The molecular formula is C18H17N3O2S2. The Bertz CT molecular complexity index is 900. The summed E-state index contributed by atoms with van der Waals surface area (Å²) in [5.41, 5.74) is 1.62. The Balaban J connectivity index is 1.55. The second-order valence-electron chi connectivity index (χ2n) is 5.59. The Labute approximate surface area is 153 Å². The largest absolute Gasteiger partial charge is 0.301 e. The maximum atomic E-state index is 12.2. The zero-order valence-corrected chi connectivity index (χ0v) is 15.5. The van der Waals surface area contributed by atoms with Crippen molar-refractivity contribution in [2.24, 2.45) is 0 Å². The number of nitrogens with one attached hydrogen (secondary N) is 1. The molecule has 0 aliphatic heterocycles. The highest BCUT2D eigenvalue weighted by Crippen LogP contribution is 2.23. The lowest BCUT2D eigenvalue weighted by Gasteiger charge is -2.01. The first-order valence-electron chi connectivity index (χ1n) is 7.82. The summed E-state index contributed by atoms with van der Waals surface area (Å²) in [6.45, 7) is 3.90. The highest BCUT2D eigenvalue weighted by Gasteiger charge is 2.15. The van der Waals surface area contributed by atoms with Gasteiger partial charge in [0.2, 0.25) is 11.0 Å². The van der Waals surface area contributed by atoms with Gasteiger partial charge in [-0.3, -0.25) is 9.59 Å². The highest BCUT2D eigenvalue weighted by atomic mass is 32.1. The molecular weight excluding hydrogens is 354 g/mol. The molecule has 128 valence electrons. The van der Waals surface area contributed by atoms with Crippen LogP contribution in [0.15, 0.2) is 36.4 Å². The lowest BCUT2D eigenvalue weighted by Crippen LogP contribution is -2.13. The third-order valence-electron chi connectivity index (χ3n) is 3.62. The summed E-state index contributed by atoms with van der Waals surface area (Å²) in [7, 11) is 0. The summed E-state index contributed by atoms with van der Waals surface area (Å²) in [6.07, 6.45) is 0.320. The maximum absolute atomic E-state index is 12.2. The van der Waals surface area contributed by atoms with Crippen molar-refractivity contribution in [3.8, 4) is 11.4 Å². The van der Waals surface area contributed by atoms with Gasteiger partial charge in [0.25, 0.3) is 0 Å². The molecule has 2 aromatic heterocycles. The van der Waals surface area contributed by atoms with Crippen molar-refractivity contribution >= 4 is 39.7 Å². The van der Waals surface area contributed by atoms with Crippen molar-refractivity contribution in [2.75, 3.05) is 5.32 Å². The van der Waals surface area contributed by atoms with Crippen LogP contribution in [0.3, 0.4) is 0 Å². The molecule has 25 heavy (non-hydrogen) atoms. The van der Waals surface area contributed by atoms with E-state index in [0.717, 1.165) is 32.4 Å². The number of aryl methyl sites for hydroxylation is 2. The fourth-order valence-electron chi connectivity index (χ4n) is 2.43. The van der Waals surface area contributed by atoms with E-state index in [-0.39, 0.29) is 24.5 Å². The van der Waals surface area contributed by atoms with Crippen LogP contribution in [0.5, 0.6) is 0 Å². The summed E-state index contributed by atoms with van der Waals surface area (Å²) in [4.78, 5) is 30.7. The van der Waals surface area contributed by atoms with Gasteiger partial charge in [-0.15, -0.1) is 11.3 Å². The van der Waals surface area contributed by atoms with Gasteiger partial charge in [-0.2, -0.15) is 9.36 Å². The van der Waals surface area contributed by atoms with E-state index >= 15 is 0 Å². The van der Waals surface area contributed by atoms with E-state index in [1.54, 1.807) is 11.3 Å². The van der Waals surface area contributed by atoms with Gasteiger partial charge < -0.3 is 5.32 Å². The van der Waals surface area contributed by atoms with Crippen LogP contribution in [0.1, 0.15) is 33.0 Å². The molecule has 0 atom stereocenters. The zero-order valence-electron chi connectivity index (χ0n) is 13.9. The minimum absolute atomic E-state index is 0.000705. The Hall–Kier alpha value is -2.38. The van der Waals surface area contributed by atoms with Crippen molar-refractivity contribution in [1.29, 1.82) is 0 Å². The SMILES string of the molecule is Cc1cc(C(=O)CCC(=O)Nc2nc(-c3ccccc3)ns2)c(C)s1. The first-order valence-corrected chi connectivity index (χ1v) is 9.41. The Morgan fingerprint density at radius 3 is 2.56 bits per heavy atom. The van der Waals surface area contributed by atoms with Crippen molar-refractivity contribution in [3.63, 3.8) is 0 Å². The molecule has 0 saturated heterocycles. The number of Topliss-reactive ketones (excluding diaryl/α,β-unsaturated/α-hetero) is 1. The van der Waals surface area contributed by atoms with E-state index < -0.39 is 0 Å². The number of hydrogen-bond donors (Lipinski definition) is 1. The normalized spacial score (nSPS) is 10.6. The zero-order chi connectivity index (χ0) is 17.8. The first-order chi connectivity index (χ1) is 12.0. The molecule has 0 saturated carbocycles. The van der Waals surface area contributed by atoms with E-state index in [4.69, 9.17) is 0 Å². The number of carbonyl (C=O) groups excluding carboxylic acids is 2. The van der Waals surface area contributed by atoms with E-state index in [2.05, 4.69) is 14.7 Å². The van der Waals surface area contributed by atoms with Gasteiger partial charge in [0.1, 0.15) is 0 Å². The minimum atomic E-state index is -0.228. The average molecular weight is 371 g/mol. The number of hydrogen-bond acceptors (Lipinski definition) is 6. The fraction of sp³-hybridized carbons (Fsp3) is 0.222. The number of anilines is 1. The van der Waals surface area contributed by atoms with Crippen molar-refractivity contribution < 1.29 is 9.59 Å². The van der Waals surface area contributed by atoms with Crippen molar-refractivity contribution in [3.05, 3.63) is 51.7 Å². The number of aromatic nitrogens is 2. The molecule has 0 fully saturated rings. The molecule has 0 radical (unpaired) electrons. The van der Waals surface area contributed by atoms with Crippen LogP contribution in [0, 0.1) is 13.8 Å². The summed E-state index contributed by atoms with van der Waals surface area (Å²) in [5, 5.41) is 3.16. The molecule has 0 aliphatic rings. The number of rotatable bonds is 6. The second-order valence-corrected chi connectivity index (χ2v) is 7.80. The Morgan fingerprint density at radius 1 is 1.12 bits per heavy atom. The highest BCUT2D eigenvalue weighted by molar-refractivity contribution is 7.12. The predicted octanol–water partition coefficient (Wildman–Crippen LogP) is 4.49. The van der Waals surface area contributed by atoms with Crippen LogP contribution in [-0.4, -0.2) is 21.0 Å². The van der Waals surface area contributed by atoms with E-state index in [1.807, 2.05) is 50.2 Å². The molecule has 0 bridgehead atoms. The Kier molecular flexibility index (Phi) is 5.35. The van der Waals surface area contributed by atoms with Crippen LogP contribution in [0.2, 0.25) is 0 Å². The molecule has 5 nitrogen and oxygen atoms in total. The summed E-state index contributed by atoms with van der Waals surface area (Å²) >= 11 is 2.73. The van der Waals surface area contributed by atoms with E-state index in [1.165, 1.54) is 0 Å². The minimum Gasteiger partial charge on any atom is -0.301 e. The standard InChI is InChI=1S/C18H17N3O2S2/c1-11-10-14(12(2)24-11)15(22)8-9-16(23)19-18-20-17(21-25-18)13-6-4-3-5-7-13/h3-7,10H,8-9H2,1-2H3,(H,19,20,21,23). The fourth-order valence-corrected chi connectivity index (χ4v) is 3.98. The summed E-state index contributed by atoms with van der Waals surface area (Å²) in [5.74, 6) is 0.356. The number of amides is 1. The van der Waals surface area contributed by atoms with Gasteiger partial charge in [-0.05, 0) is 19.9 Å². The average Bonchev–Trinajstić information content (AvgIpc) is 3.19. The molecule has 1 amide bonds. The topological polar surface area (TPSA) is 72.0 Å². The Morgan fingerprint density at radius 2 is 1.88 bits per heavy atom. The van der Waals surface area contributed by atoms with E-state index in [9.17, 15) is 9.59 Å². The van der Waals surface area contributed by atoms with Gasteiger partial charge >= 0.3 is 0 Å². The maximum Gasteiger partial charge on any atom is 0.226 e. The molecule has 0 aliphatic carbocycles. The third-order valence-corrected chi connectivity index (χ3v) is 5.22. The van der Waals surface area contributed by atoms with Gasteiger partial charge in [0.15, 0.2) is 11.6 Å². The summed E-state index contributed by atoms with van der Waals surface area (Å²) < 4.78 is 4.25. The predicted molar refractivity (Wildman–Crippen MR) is 101 cm³/mol. The van der Waals surface area contributed by atoms with Gasteiger partial charge in [0.05, 0.1) is 0 Å². The lowest BCUT2D eigenvalue weighted by atomic mass is 10.1. The van der Waals surface area contributed by atoms with Gasteiger partial charge in [-0.25, -0.2) is 0 Å². The number of carbonyl (C=O) groups is 2. The van der Waals surface area contributed by atoms with Gasteiger partial charge in [-0.1, -0.05) is 30.3 Å². The smallest absolute Gasteiger partial charge is 0.226 e. The first kappa shape index (κ1) is 17.4.